The van der Waals surface area contributed by atoms with Gasteiger partial charge in [0.05, 0.1) is 12.6 Å². The van der Waals surface area contributed by atoms with E-state index in [9.17, 15) is 0 Å². The Hall–Kier alpha value is -0.860. The molecule has 0 amide bonds. The van der Waals surface area contributed by atoms with Crippen LogP contribution in [0.3, 0.4) is 0 Å². The van der Waals surface area contributed by atoms with E-state index in [2.05, 4.69) is 29.6 Å². The molecule has 1 N–H and O–H groups in total. The Morgan fingerprint density at radius 2 is 2.06 bits per heavy atom. The van der Waals surface area contributed by atoms with Crippen molar-refractivity contribution in [3.8, 4) is 0 Å². The van der Waals surface area contributed by atoms with Crippen LogP contribution in [0.2, 0.25) is 0 Å². The molecule has 1 unspecified atom stereocenters. The zero-order valence-electron chi connectivity index (χ0n) is 10.7. The van der Waals surface area contributed by atoms with Crippen LogP contribution in [-0.4, -0.2) is 20.3 Å². The monoisotopic (exact) mass is 233 g/mol. The van der Waals surface area contributed by atoms with Gasteiger partial charge in [-0.15, -0.1) is 0 Å². The lowest BCUT2D eigenvalue weighted by atomic mass is 9.83. The molecule has 2 heteroatoms. The third kappa shape index (κ3) is 3.83. The number of hydrogen-bond donors (Lipinski definition) is 1. The molecule has 0 aromatic heterocycles. The van der Waals surface area contributed by atoms with Crippen LogP contribution in [0.25, 0.3) is 0 Å². The Balaban J connectivity index is 1.68. The highest BCUT2D eigenvalue weighted by atomic mass is 16.5. The van der Waals surface area contributed by atoms with Crippen molar-refractivity contribution < 1.29 is 4.74 Å². The molecule has 0 radical (unpaired) electrons. The molecule has 0 aliphatic heterocycles. The first-order valence-corrected chi connectivity index (χ1v) is 6.70. The van der Waals surface area contributed by atoms with E-state index < -0.39 is 0 Å². The van der Waals surface area contributed by atoms with Gasteiger partial charge in [-0.05, 0) is 24.9 Å². The van der Waals surface area contributed by atoms with Gasteiger partial charge in [-0.1, -0.05) is 49.6 Å². The van der Waals surface area contributed by atoms with E-state index in [1.54, 1.807) is 0 Å². The van der Waals surface area contributed by atoms with Gasteiger partial charge < -0.3 is 10.1 Å². The maximum Gasteiger partial charge on any atom is 0.0661 e. The lowest BCUT2D eigenvalue weighted by Gasteiger charge is -2.25. The molecule has 94 valence electrons. The summed E-state index contributed by atoms with van der Waals surface area (Å²) in [5.74, 6) is 0.944. The summed E-state index contributed by atoms with van der Waals surface area (Å²) >= 11 is 0. The van der Waals surface area contributed by atoms with Crippen molar-refractivity contribution in [1.29, 1.82) is 0 Å². The van der Waals surface area contributed by atoms with Crippen molar-refractivity contribution in [2.75, 3.05) is 20.3 Å². The fourth-order valence-electron chi connectivity index (χ4n) is 2.26. The van der Waals surface area contributed by atoms with Gasteiger partial charge in [-0.25, -0.2) is 0 Å². The number of ether oxygens (including phenoxy) is 1. The quantitative estimate of drug-likeness (QED) is 0.730. The molecular weight excluding hydrogens is 210 g/mol. The zero-order valence-corrected chi connectivity index (χ0v) is 10.7. The minimum Gasteiger partial charge on any atom is -0.379 e. The summed E-state index contributed by atoms with van der Waals surface area (Å²) in [7, 11) is 1.99. The summed E-state index contributed by atoms with van der Waals surface area (Å²) < 4.78 is 5.78. The van der Waals surface area contributed by atoms with E-state index in [0.29, 0.717) is 6.04 Å². The Labute approximate surface area is 104 Å². The number of hydrogen-bond acceptors (Lipinski definition) is 2. The third-order valence-corrected chi connectivity index (χ3v) is 3.73. The van der Waals surface area contributed by atoms with E-state index in [4.69, 9.17) is 4.74 Å². The Morgan fingerprint density at radius 3 is 2.65 bits per heavy atom. The molecule has 1 atom stereocenters. The van der Waals surface area contributed by atoms with Gasteiger partial charge in [0.15, 0.2) is 0 Å². The largest absolute Gasteiger partial charge is 0.379 e. The van der Waals surface area contributed by atoms with Gasteiger partial charge in [-0.3, -0.25) is 0 Å². The highest BCUT2D eigenvalue weighted by molar-refractivity contribution is 5.18. The highest BCUT2D eigenvalue weighted by Crippen LogP contribution is 2.29. The Bertz CT molecular complexity index is 308. The van der Waals surface area contributed by atoms with Crippen molar-refractivity contribution in [3.05, 3.63) is 35.9 Å². The summed E-state index contributed by atoms with van der Waals surface area (Å²) in [4.78, 5) is 0. The van der Waals surface area contributed by atoms with E-state index >= 15 is 0 Å². The average molecular weight is 233 g/mol. The molecule has 2 rings (SSSR count). The van der Waals surface area contributed by atoms with Crippen LogP contribution in [0.5, 0.6) is 0 Å². The second-order valence-corrected chi connectivity index (χ2v) is 4.91. The standard InChI is InChI=1S/C15H23NO/c1-16-15(14-8-3-2-4-9-14)12-17-11-10-13-6-5-7-13/h2-4,8-9,13,15-16H,5-7,10-12H2,1H3. The summed E-state index contributed by atoms with van der Waals surface area (Å²) in [6.45, 7) is 1.68. The molecule has 1 aromatic carbocycles. The normalized spacial score (nSPS) is 17.7. The Kier molecular flexibility index (Phi) is 5.02. The van der Waals surface area contributed by atoms with Crippen LogP contribution in [0, 0.1) is 5.92 Å². The summed E-state index contributed by atoms with van der Waals surface area (Å²) in [6.07, 6.45) is 5.49. The van der Waals surface area contributed by atoms with Gasteiger partial charge >= 0.3 is 0 Å². The van der Waals surface area contributed by atoms with Crippen molar-refractivity contribution in [1.82, 2.24) is 5.32 Å². The van der Waals surface area contributed by atoms with E-state index in [1.807, 2.05) is 13.1 Å². The van der Waals surface area contributed by atoms with Gasteiger partial charge in [-0.2, -0.15) is 0 Å². The van der Waals surface area contributed by atoms with Crippen LogP contribution >= 0.6 is 0 Å². The van der Waals surface area contributed by atoms with E-state index in [1.165, 1.54) is 31.2 Å². The fourth-order valence-corrected chi connectivity index (χ4v) is 2.26. The number of benzene rings is 1. The van der Waals surface area contributed by atoms with Crippen molar-refractivity contribution in [3.63, 3.8) is 0 Å². The lowest BCUT2D eigenvalue weighted by Crippen LogP contribution is -2.23. The average Bonchev–Trinajstić information content (AvgIpc) is 2.33. The molecule has 1 aliphatic carbocycles. The molecule has 1 aromatic rings. The number of rotatable bonds is 7. The van der Waals surface area contributed by atoms with Crippen LogP contribution in [0.4, 0.5) is 0 Å². The first-order chi connectivity index (χ1) is 8.40. The summed E-state index contributed by atoms with van der Waals surface area (Å²) in [5, 5.41) is 3.31. The highest BCUT2D eigenvalue weighted by Gasteiger charge is 2.17. The minimum atomic E-state index is 0.317. The third-order valence-electron chi connectivity index (χ3n) is 3.73. The molecule has 1 aliphatic rings. The van der Waals surface area contributed by atoms with Crippen molar-refractivity contribution >= 4 is 0 Å². The maximum absolute atomic E-state index is 5.78. The van der Waals surface area contributed by atoms with E-state index in [0.717, 1.165) is 19.1 Å². The van der Waals surface area contributed by atoms with Crippen LogP contribution in [0.1, 0.15) is 37.3 Å². The molecule has 0 heterocycles. The van der Waals surface area contributed by atoms with Crippen LogP contribution in [-0.2, 0) is 4.74 Å². The first-order valence-electron chi connectivity index (χ1n) is 6.70. The van der Waals surface area contributed by atoms with Gasteiger partial charge in [0, 0.05) is 6.61 Å². The van der Waals surface area contributed by atoms with Crippen molar-refractivity contribution in [2.24, 2.45) is 5.92 Å². The Morgan fingerprint density at radius 1 is 1.29 bits per heavy atom. The number of likely N-dealkylation sites (N-methyl/N-ethyl adjacent to an activating group) is 1. The molecule has 0 bridgehead atoms. The minimum absolute atomic E-state index is 0.317. The second-order valence-electron chi connectivity index (χ2n) is 4.91. The molecule has 0 saturated heterocycles. The molecule has 0 spiro atoms. The van der Waals surface area contributed by atoms with Gasteiger partial charge in [0.25, 0.3) is 0 Å². The number of nitrogens with one attached hydrogen (secondary N) is 1. The SMILES string of the molecule is CNC(COCCC1CCC1)c1ccccc1. The zero-order chi connectivity index (χ0) is 11.9. The van der Waals surface area contributed by atoms with Crippen molar-refractivity contribution in [2.45, 2.75) is 31.7 Å². The smallest absolute Gasteiger partial charge is 0.0661 e. The summed E-state index contributed by atoms with van der Waals surface area (Å²) in [5.41, 5.74) is 1.30. The van der Waals surface area contributed by atoms with Crippen LogP contribution < -0.4 is 5.32 Å². The lowest BCUT2D eigenvalue weighted by molar-refractivity contribution is 0.0904. The first kappa shape index (κ1) is 12.6. The van der Waals surface area contributed by atoms with Gasteiger partial charge in [0.2, 0.25) is 0 Å². The maximum atomic E-state index is 5.78. The molecule has 17 heavy (non-hydrogen) atoms. The summed E-state index contributed by atoms with van der Waals surface area (Å²) in [6, 6.07) is 10.8. The predicted octanol–water partition coefficient (Wildman–Crippen LogP) is 3.15. The molecule has 1 fully saturated rings. The van der Waals surface area contributed by atoms with E-state index in [-0.39, 0.29) is 0 Å². The van der Waals surface area contributed by atoms with Crippen LogP contribution in [0.15, 0.2) is 30.3 Å². The van der Waals surface area contributed by atoms with Gasteiger partial charge in [0.1, 0.15) is 0 Å². The topological polar surface area (TPSA) is 21.3 Å². The molecular formula is C15H23NO. The second kappa shape index (κ2) is 6.77. The fraction of sp³-hybridized carbons (Fsp3) is 0.600. The molecule has 1 saturated carbocycles. The predicted molar refractivity (Wildman–Crippen MR) is 71.0 cm³/mol. The molecule has 2 nitrogen and oxygen atoms in total.